The zero-order valence-electron chi connectivity index (χ0n) is 7.26. The number of nitrogen functional groups attached to an aromatic ring is 1. The van der Waals surface area contributed by atoms with Crippen LogP contribution in [-0.2, 0) is 0 Å². The van der Waals surface area contributed by atoms with Crippen LogP contribution in [0.1, 0.15) is 30.9 Å². The van der Waals surface area contributed by atoms with E-state index in [-0.39, 0.29) is 0 Å². The number of anilines is 1. The van der Waals surface area contributed by atoms with Gasteiger partial charge in [-0.2, -0.15) is 0 Å². The Labute approximate surface area is 67.5 Å². The van der Waals surface area contributed by atoms with Crippen molar-refractivity contribution in [2.75, 3.05) is 5.73 Å². The fraction of sp³-hybridized carbons (Fsp3) is 0.444. The molecule has 0 aliphatic rings. The molecule has 0 atom stereocenters. The van der Waals surface area contributed by atoms with Crippen molar-refractivity contribution in [3.63, 3.8) is 0 Å². The Morgan fingerprint density at radius 2 is 2.00 bits per heavy atom. The number of nitrogens with two attached hydrogens (primary N) is 1. The lowest BCUT2D eigenvalue weighted by atomic mass is 10.00. The van der Waals surface area contributed by atoms with Crippen molar-refractivity contribution >= 4 is 5.69 Å². The van der Waals surface area contributed by atoms with Crippen molar-refractivity contribution in [1.82, 2.24) is 4.98 Å². The zero-order valence-corrected chi connectivity index (χ0v) is 7.26. The van der Waals surface area contributed by atoms with E-state index in [2.05, 4.69) is 18.8 Å². The summed E-state index contributed by atoms with van der Waals surface area (Å²) in [5, 5.41) is 0. The second kappa shape index (κ2) is 2.91. The number of hydrogen-bond donors (Lipinski definition) is 1. The number of nitrogens with zero attached hydrogens (tertiary/aromatic N) is 1. The van der Waals surface area contributed by atoms with Crippen LogP contribution in [0.2, 0.25) is 0 Å². The molecular weight excluding hydrogens is 136 g/mol. The SMILES string of the molecule is Cc1c(N)cncc1C(C)C. The fourth-order valence-corrected chi connectivity index (χ4v) is 1.14. The van der Waals surface area contributed by atoms with Crippen molar-refractivity contribution in [3.05, 3.63) is 23.5 Å². The highest BCUT2D eigenvalue weighted by Crippen LogP contribution is 2.21. The first-order chi connectivity index (χ1) is 5.13. The van der Waals surface area contributed by atoms with Crippen LogP contribution in [0.3, 0.4) is 0 Å². The molecule has 60 valence electrons. The Bertz CT molecular complexity index is 254. The molecular formula is C9H14N2. The van der Waals surface area contributed by atoms with E-state index >= 15 is 0 Å². The smallest absolute Gasteiger partial charge is 0.0533 e. The molecule has 0 bridgehead atoms. The molecule has 0 saturated heterocycles. The van der Waals surface area contributed by atoms with Crippen LogP contribution in [0.25, 0.3) is 0 Å². The summed E-state index contributed by atoms with van der Waals surface area (Å²) in [6.07, 6.45) is 3.58. The molecule has 1 heterocycles. The molecule has 0 unspecified atom stereocenters. The van der Waals surface area contributed by atoms with E-state index in [0.717, 1.165) is 11.3 Å². The lowest BCUT2D eigenvalue weighted by Gasteiger charge is -2.09. The molecule has 11 heavy (non-hydrogen) atoms. The summed E-state index contributed by atoms with van der Waals surface area (Å²) in [5.74, 6) is 0.506. The predicted octanol–water partition coefficient (Wildman–Crippen LogP) is 2.10. The molecule has 0 saturated carbocycles. The average Bonchev–Trinajstić information content (AvgIpc) is 1.94. The Balaban J connectivity index is 3.17. The third kappa shape index (κ3) is 1.50. The van der Waals surface area contributed by atoms with Gasteiger partial charge in [0.05, 0.1) is 11.9 Å². The maximum atomic E-state index is 5.70. The van der Waals surface area contributed by atoms with Gasteiger partial charge in [0.1, 0.15) is 0 Å². The summed E-state index contributed by atoms with van der Waals surface area (Å²) in [7, 11) is 0. The van der Waals surface area contributed by atoms with Gasteiger partial charge in [0, 0.05) is 6.20 Å². The molecule has 2 heteroatoms. The van der Waals surface area contributed by atoms with Crippen molar-refractivity contribution in [3.8, 4) is 0 Å². The van der Waals surface area contributed by atoms with Gasteiger partial charge in [-0.3, -0.25) is 4.98 Å². The number of aromatic nitrogens is 1. The zero-order chi connectivity index (χ0) is 8.43. The van der Waals surface area contributed by atoms with Gasteiger partial charge in [0.2, 0.25) is 0 Å². The van der Waals surface area contributed by atoms with Crippen molar-refractivity contribution < 1.29 is 0 Å². The first-order valence-corrected chi connectivity index (χ1v) is 3.83. The largest absolute Gasteiger partial charge is 0.397 e. The van der Waals surface area contributed by atoms with E-state index in [1.807, 2.05) is 13.1 Å². The lowest BCUT2D eigenvalue weighted by Crippen LogP contribution is -1.98. The minimum Gasteiger partial charge on any atom is -0.397 e. The van der Waals surface area contributed by atoms with Gasteiger partial charge in [-0.25, -0.2) is 0 Å². The van der Waals surface area contributed by atoms with Gasteiger partial charge < -0.3 is 5.73 Å². The molecule has 0 radical (unpaired) electrons. The molecule has 1 aromatic rings. The van der Waals surface area contributed by atoms with Crippen LogP contribution < -0.4 is 5.73 Å². The first kappa shape index (κ1) is 8.05. The number of rotatable bonds is 1. The molecule has 0 amide bonds. The number of hydrogen-bond acceptors (Lipinski definition) is 2. The van der Waals surface area contributed by atoms with Gasteiger partial charge in [-0.15, -0.1) is 0 Å². The highest BCUT2D eigenvalue weighted by molar-refractivity contribution is 5.48. The van der Waals surface area contributed by atoms with E-state index in [0.29, 0.717) is 5.92 Å². The highest BCUT2D eigenvalue weighted by Gasteiger charge is 2.04. The van der Waals surface area contributed by atoms with Gasteiger partial charge in [-0.05, 0) is 24.0 Å². The van der Waals surface area contributed by atoms with Crippen LogP contribution in [0.15, 0.2) is 12.4 Å². The molecule has 2 nitrogen and oxygen atoms in total. The summed E-state index contributed by atoms with van der Waals surface area (Å²) in [4.78, 5) is 4.04. The second-order valence-corrected chi connectivity index (χ2v) is 3.10. The van der Waals surface area contributed by atoms with Crippen LogP contribution in [0, 0.1) is 6.92 Å². The monoisotopic (exact) mass is 150 g/mol. The van der Waals surface area contributed by atoms with Gasteiger partial charge >= 0.3 is 0 Å². The van der Waals surface area contributed by atoms with Crippen LogP contribution in [0.5, 0.6) is 0 Å². The Hall–Kier alpha value is -1.05. The molecule has 1 aromatic heterocycles. The summed E-state index contributed by atoms with van der Waals surface area (Å²) >= 11 is 0. The maximum Gasteiger partial charge on any atom is 0.0533 e. The Morgan fingerprint density at radius 3 is 2.45 bits per heavy atom. The van der Waals surface area contributed by atoms with E-state index in [4.69, 9.17) is 5.73 Å². The Kier molecular flexibility index (Phi) is 2.13. The molecule has 0 aliphatic heterocycles. The predicted molar refractivity (Wildman–Crippen MR) is 47.5 cm³/mol. The lowest BCUT2D eigenvalue weighted by molar-refractivity contribution is 0.848. The minimum atomic E-state index is 0.506. The molecule has 0 aromatic carbocycles. The topological polar surface area (TPSA) is 38.9 Å². The second-order valence-electron chi connectivity index (χ2n) is 3.10. The molecule has 1 rings (SSSR count). The quantitative estimate of drug-likeness (QED) is 0.665. The third-order valence-corrected chi connectivity index (χ3v) is 1.92. The van der Waals surface area contributed by atoms with Crippen LogP contribution >= 0.6 is 0 Å². The minimum absolute atomic E-state index is 0.506. The summed E-state index contributed by atoms with van der Waals surface area (Å²) in [5.41, 5.74) is 8.89. The van der Waals surface area contributed by atoms with E-state index in [1.165, 1.54) is 5.56 Å². The highest BCUT2D eigenvalue weighted by atomic mass is 14.7. The van der Waals surface area contributed by atoms with E-state index < -0.39 is 0 Å². The molecule has 0 fully saturated rings. The van der Waals surface area contributed by atoms with Crippen molar-refractivity contribution in [2.45, 2.75) is 26.7 Å². The maximum absolute atomic E-state index is 5.70. The summed E-state index contributed by atoms with van der Waals surface area (Å²) in [6, 6.07) is 0. The summed E-state index contributed by atoms with van der Waals surface area (Å²) in [6.45, 7) is 6.32. The number of pyridine rings is 1. The van der Waals surface area contributed by atoms with E-state index in [1.54, 1.807) is 6.20 Å². The molecule has 2 N–H and O–H groups in total. The van der Waals surface area contributed by atoms with Crippen LogP contribution in [0.4, 0.5) is 5.69 Å². The molecule has 0 aliphatic carbocycles. The Morgan fingerprint density at radius 1 is 1.36 bits per heavy atom. The van der Waals surface area contributed by atoms with Crippen molar-refractivity contribution in [2.24, 2.45) is 0 Å². The van der Waals surface area contributed by atoms with Gasteiger partial charge in [0.15, 0.2) is 0 Å². The van der Waals surface area contributed by atoms with Crippen LogP contribution in [-0.4, -0.2) is 4.98 Å². The average molecular weight is 150 g/mol. The third-order valence-electron chi connectivity index (χ3n) is 1.92. The fourth-order valence-electron chi connectivity index (χ4n) is 1.14. The normalized spacial score (nSPS) is 10.5. The van der Waals surface area contributed by atoms with Gasteiger partial charge in [0.25, 0.3) is 0 Å². The van der Waals surface area contributed by atoms with E-state index in [9.17, 15) is 0 Å². The standard InChI is InChI=1S/C9H14N2/c1-6(2)8-4-11-5-9(10)7(8)3/h4-6H,10H2,1-3H3. The summed E-state index contributed by atoms with van der Waals surface area (Å²) < 4.78 is 0. The molecule has 0 spiro atoms. The first-order valence-electron chi connectivity index (χ1n) is 3.83. The van der Waals surface area contributed by atoms with Crippen molar-refractivity contribution in [1.29, 1.82) is 0 Å². The van der Waals surface area contributed by atoms with Gasteiger partial charge in [-0.1, -0.05) is 13.8 Å².